The van der Waals surface area contributed by atoms with E-state index in [0.29, 0.717) is 45.9 Å². The molecule has 0 amide bonds. The molecule has 3 aromatic rings. The van der Waals surface area contributed by atoms with Gasteiger partial charge in [-0.05, 0) is 38.3 Å². The van der Waals surface area contributed by atoms with E-state index in [4.69, 9.17) is 18.9 Å². The summed E-state index contributed by atoms with van der Waals surface area (Å²) in [6, 6.07) is 11.3. The van der Waals surface area contributed by atoms with Crippen molar-refractivity contribution in [3.8, 4) is 11.5 Å². The Morgan fingerprint density at radius 1 is 0.767 bits per heavy atom. The van der Waals surface area contributed by atoms with Crippen molar-refractivity contribution >= 4 is 33.9 Å². The van der Waals surface area contributed by atoms with Crippen LogP contribution in [-0.4, -0.2) is 25.5 Å². The van der Waals surface area contributed by atoms with E-state index in [1.165, 1.54) is 0 Å². The summed E-state index contributed by atoms with van der Waals surface area (Å²) < 4.78 is 21.6. The lowest BCUT2D eigenvalue weighted by atomic mass is 9.96. The average molecular weight is 410 g/mol. The van der Waals surface area contributed by atoms with E-state index in [-0.39, 0.29) is 13.2 Å². The zero-order valence-electron chi connectivity index (χ0n) is 17.7. The summed E-state index contributed by atoms with van der Waals surface area (Å²) in [7, 11) is 0. The summed E-state index contributed by atoms with van der Waals surface area (Å²) >= 11 is 0. The van der Waals surface area contributed by atoms with Gasteiger partial charge in [-0.1, -0.05) is 49.7 Å². The second-order valence-corrected chi connectivity index (χ2v) is 7.11. The fraction of sp³-hybridized carbons (Fsp3) is 0.333. The fourth-order valence-electron chi connectivity index (χ4n) is 3.29. The van der Waals surface area contributed by atoms with Crippen LogP contribution in [0.3, 0.4) is 0 Å². The molecule has 0 bridgehead atoms. The fourth-order valence-corrected chi connectivity index (χ4v) is 3.29. The molecule has 0 aliphatic heterocycles. The first-order chi connectivity index (χ1) is 14.5. The van der Waals surface area contributed by atoms with Crippen LogP contribution in [0.25, 0.3) is 21.5 Å². The Morgan fingerprint density at radius 3 is 2.03 bits per heavy atom. The highest BCUT2D eigenvalue weighted by Crippen LogP contribution is 2.44. The summed E-state index contributed by atoms with van der Waals surface area (Å²) in [6.45, 7) is 8.22. The van der Waals surface area contributed by atoms with Gasteiger partial charge in [-0.3, -0.25) is 0 Å². The van der Waals surface area contributed by atoms with Crippen LogP contribution in [0.15, 0.2) is 36.4 Å². The topological polar surface area (TPSA) is 71.1 Å². The molecule has 3 aromatic carbocycles. The lowest BCUT2D eigenvalue weighted by Gasteiger charge is -2.17. The number of hydrogen-bond donors (Lipinski definition) is 0. The molecular formula is C24H26O6. The molecule has 6 heteroatoms. The summed E-state index contributed by atoms with van der Waals surface area (Å²) in [4.78, 5) is 24.5. The summed E-state index contributed by atoms with van der Waals surface area (Å²) in [6.07, 6.45) is -0.138. The highest BCUT2D eigenvalue weighted by Gasteiger charge is 2.22. The summed E-state index contributed by atoms with van der Waals surface area (Å²) in [5.41, 5.74) is 1.85. The third kappa shape index (κ3) is 4.48. The van der Waals surface area contributed by atoms with Crippen molar-refractivity contribution in [3.05, 3.63) is 47.5 Å². The first-order valence-corrected chi connectivity index (χ1v) is 10.1. The van der Waals surface area contributed by atoms with Gasteiger partial charge in [-0.15, -0.1) is 0 Å². The predicted molar refractivity (Wildman–Crippen MR) is 115 cm³/mol. The molecule has 0 spiro atoms. The van der Waals surface area contributed by atoms with E-state index in [1.807, 2.05) is 64.1 Å². The van der Waals surface area contributed by atoms with Gasteiger partial charge < -0.3 is 18.9 Å². The predicted octanol–water partition coefficient (Wildman–Crippen LogP) is 6.46. The highest BCUT2D eigenvalue weighted by atomic mass is 16.7. The number of fused-ring (bicyclic) bond motifs is 2. The number of aryl methyl sites for hydroxylation is 2. The Hall–Kier alpha value is -3.28. The second kappa shape index (κ2) is 9.48. The SMILES string of the molecule is CCCOC(=O)Oc1c2cc(C)ccc2c(OC(=O)OCCC)c2c(C)cccc12. The van der Waals surface area contributed by atoms with E-state index in [0.717, 1.165) is 11.1 Å². The van der Waals surface area contributed by atoms with Gasteiger partial charge in [0.05, 0.1) is 13.2 Å². The Balaban J connectivity index is 2.24. The van der Waals surface area contributed by atoms with E-state index in [9.17, 15) is 9.59 Å². The van der Waals surface area contributed by atoms with E-state index in [2.05, 4.69) is 0 Å². The van der Waals surface area contributed by atoms with Crippen LogP contribution in [0.5, 0.6) is 11.5 Å². The molecule has 0 unspecified atom stereocenters. The number of benzene rings is 3. The van der Waals surface area contributed by atoms with Crippen LogP contribution in [0, 0.1) is 13.8 Å². The maximum Gasteiger partial charge on any atom is 0.513 e. The van der Waals surface area contributed by atoms with Crippen molar-refractivity contribution in [3.63, 3.8) is 0 Å². The van der Waals surface area contributed by atoms with Gasteiger partial charge in [-0.25, -0.2) is 9.59 Å². The molecule has 30 heavy (non-hydrogen) atoms. The van der Waals surface area contributed by atoms with E-state index < -0.39 is 12.3 Å². The first-order valence-electron chi connectivity index (χ1n) is 10.1. The minimum atomic E-state index is -0.765. The smallest absolute Gasteiger partial charge is 0.434 e. The molecular weight excluding hydrogens is 384 g/mol. The Morgan fingerprint density at radius 2 is 1.40 bits per heavy atom. The van der Waals surface area contributed by atoms with Gasteiger partial charge in [0.2, 0.25) is 0 Å². The van der Waals surface area contributed by atoms with Crippen LogP contribution < -0.4 is 9.47 Å². The number of carbonyl (C=O) groups excluding carboxylic acids is 2. The molecule has 0 saturated carbocycles. The molecule has 3 rings (SSSR count). The largest absolute Gasteiger partial charge is 0.513 e. The molecule has 0 fully saturated rings. The van der Waals surface area contributed by atoms with Crippen molar-refractivity contribution in [1.29, 1.82) is 0 Å². The monoisotopic (exact) mass is 410 g/mol. The minimum absolute atomic E-state index is 0.275. The van der Waals surface area contributed by atoms with Crippen molar-refractivity contribution in [1.82, 2.24) is 0 Å². The number of rotatable bonds is 6. The minimum Gasteiger partial charge on any atom is -0.434 e. The van der Waals surface area contributed by atoms with E-state index >= 15 is 0 Å². The maximum atomic E-state index is 12.3. The number of ether oxygens (including phenoxy) is 4. The summed E-state index contributed by atoms with van der Waals surface area (Å²) in [5.74, 6) is 0.760. The molecule has 0 heterocycles. The molecule has 0 aliphatic rings. The molecule has 6 nitrogen and oxygen atoms in total. The van der Waals surface area contributed by atoms with Crippen molar-refractivity contribution in [2.75, 3.05) is 13.2 Å². The maximum absolute atomic E-state index is 12.3. The molecule has 0 saturated heterocycles. The lowest BCUT2D eigenvalue weighted by molar-refractivity contribution is 0.0984. The van der Waals surface area contributed by atoms with Crippen molar-refractivity contribution < 1.29 is 28.5 Å². The second-order valence-electron chi connectivity index (χ2n) is 7.11. The Labute approximate surface area is 175 Å². The Kier molecular flexibility index (Phi) is 6.77. The molecule has 0 radical (unpaired) electrons. The average Bonchev–Trinajstić information content (AvgIpc) is 2.73. The third-order valence-electron chi connectivity index (χ3n) is 4.63. The zero-order valence-corrected chi connectivity index (χ0v) is 17.7. The lowest BCUT2D eigenvalue weighted by Crippen LogP contribution is -2.13. The van der Waals surface area contributed by atoms with Crippen LogP contribution in [0.4, 0.5) is 9.59 Å². The van der Waals surface area contributed by atoms with Crippen LogP contribution >= 0.6 is 0 Å². The third-order valence-corrected chi connectivity index (χ3v) is 4.63. The molecule has 0 aliphatic carbocycles. The van der Waals surface area contributed by atoms with Crippen LogP contribution in [-0.2, 0) is 9.47 Å². The van der Waals surface area contributed by atoms with Gasteiger partial charge in [0.25, 0.3) is 0 Å². The molecule has 0 atom stereocenters. The van der Waals surface area contributed by atoms with Crippen LogP contribution in [0.2, 0.25) is 0 Å². The first kappa shape index (κ1) is 21.4. The van der Waals surface area contributed by atoms with Crippen molar-refractivity contribution in [2.45, 2.75) is 40.5 Å². The van der Waals surface area contributed by atoms with Gasteiger partial charge in [0.1, 0.15) is 5.75 Å². The highest BCUT2D eigenvalue weighted by molar-refractivity contribution is 6.13. The molecule has 158 valence electrons. The van der Waals surface area contributed by atoms with Gasteiger partial charge >= 0.3 is 12.3 Å². The summed E-state index contributed by atoms with van der Waals surface area (Å²) in [5, 5.41) is 2.63. The normalized spacial score (nSPS) is 10.8. The van der Waals surface area contributed by atoms with Gasteiger partial charge in [0, 0.05) is 21.5 Å². The number of carbonyl (C=O) groups is 2. The Bertz CT molecular complexity index is 1080. The van der Waals surface area contributed by atoms with Gasteiger partial charge in [-0.2, -0.15) is 0 Å². The quantitative estimate of drug-likeness (QED) is 0.264. The van der Waals surface area contributed by atoms with Crippen LogP contribution in [0.1, 0.15) is 37.8 Å². The van der Waals surface area contributed by atoms with E-state index in [1.54, 1.807) is 0 Å². The standard InChI is InChI=1S/C24H26O6/c1-5-12-27-23(25)29-21-18-9-7-8-16(4)20(18)22(30-24(26)28-13-6-2)17-11-10-15(3)14-19(17)21/h7-11,14H,5-6,12-13H2,1-4H3. The molecule has 0 N–H and O–H groups in total. The van der Waals surface area contributed by atoms with Crippen molar-refractivity contribution in [2.24, 2.45) is 0 Å². The number of hydrogen-bond acceptors (Lipinski definition) is 6. The zero-order chi connectivity index (χ0) is 21.7. The van der Waals surface area contributed by atoms with Gasteiger partial charge in [0.15, 0.2) is 5.75 Å². The molecule has 0 aromatic heterocycles.